The highest BCUT2D eigenvalue weighted by Gasteiger charge is 2.42. The van der Waals surface area contributed by atoms with Gasteiger partial charge in [-0.15, -0.1) is 0 Å². The molecule has 2 aliphatic carbocycles. The number of amides is 1. The van der Waals surface area contributed by atoms with E-state index in [1.165, 1.54) is 11.8 Å². The van der Waals surface area contributed by atoms with Crippen molar-refractivity contribution in [3.05, 3.63) is 59.7 Å². The molecule has 33 heavy (non-hydrogen) atoms. The predicted octanol–water partition coefficient (Wildman–Crippen LogP) is 4.46. The molecule has 7 nitrogen and oxygen atoms in total. The van der Waals surface area contributed by atoms with E-state index in [0.29, 0.717) is 34.6 Å². The molecule has 1 aromatic heterocycles. The van der Waals surface area contributed by atoms with Gasteiger partial charge in [0.25, 0.3) is 0 Å². The van der Waals surface area contributed by atoms with Crippen molar-refractivity contribution in [2.24, 2.45) is 16.8 Å². The Bertz CT molecular complexity index is 1190. The number of ketones is 1. The van der Waals surface area contributed by atoms with Gasteiger partial charge in [-0.05, 0) is 49.1 Å². The Labute approximate surface area is 197 Å². The molecule has 0 aliphatic heterocycles. The molecule has 2 unspecified atom stereocenters. The third kappa shape index (κ3) is 4.53. The number of likely N-dealkylation sites (N-methyl/N-ethyl adjacent to an activating group) is 1. The number of ether oxygens (including phenoxy) is 1. The summed E-state index contributed by atoms with van der Waals surface area (Å²) in [6.45, 7) is 6.05. The fraction of sp³-hybridized carbons (Fsp3) is 0.360. The first-order valence-electron chi connectivity index (χ1n) is 11.0. The van der Waals surface area contributed by atoms with E-state index in [9.17, 15) is 9.59 Å². The minimum absolute atomic E-state index is 0.0197. The van der Waals surface area contributed by atoms with E-state index in [0.717, 1.165) is 23.8 Å². The number of fused-ring (bicyclic) bond motifs is 2. The van der Waals surface area contributed by atoms with Gasteiger partial charge in [-0.3, -0.25) is 24.2 Å². The molecule has 0 spiro atoms. The van der Waals surface area contributed by atoms with Crippen LogP contribution in [0.4, 0.5) is 0 Å². The standard InChI is InChI=1S/C25H28N4O3S/c1-5-28(25(26-3)33-6-2)22(30)15-29-21-14-17(32-4)11-12-19(21)23(27-29)24(31)18-10-8-7-9-16-13-20(16)18/h6-7,9-12,14,16,20H,2,5,8,13,15H2,1,3-4H3. The van der Waals surface area contributed by atoms with Crippen LogP contribution in [0, 0.1) is 11.8 Å². The predicted molar refractivity (Wildman–Crippen MR) is 133 cm³/mol. The van der Waals surface area contributed by atoms with Gasteiger partial charge >= 0.3 is 0 Å². The fourth-order valence-electron chi connectivity index (χ4n) is 4.29. The summed E-state index contributed by atoms with van der Waals surface area (Å²) in [5, 5.41) is 7.58. The number of amidine groups is 1. The molecule has 0 bridgehead atoms. The Morgan fingerprint density at radius 1 is 1.42 bits per heavy atom. The van der Waals surface area contributed by atoms with E-state index in [1.54, 1.807) is 29.1 Å². The summed E-state index contributed by atoms with van der Waals surface area (Å²) in [6.07, 6.45) is 8.11. The Kier molecular flexibility index (Phi) is 6.83. The average Bonchev–Trinajstić information content (AvgIpc) is 3.54. The van der Waals surface area contributed by atoms with Crippen LogP contribution in [0.5, 0.6) is 5.75 Å². The monoisotopic (exact) mass is 464 g/mol. The first-order chi connectivity index (χ1) is 16.0. The molecular formula is C25H28N4O3S. The summed E-state index contributed by atoms with van der Waals surface area (Å²) in [6, 6.07) is 5.48. The number of rotatable bonds is 7. The van der Waals surface area contributed by atoms with Crippen molar-refractivity contribution in [2.75, 3.05) is 20.7 Å². The fourth-order valence-corrected chi connectivity index (χ4v) is 4.91. The summed E-state index contributed by atoms with van der Waals surface area (Å²) in [4.78, 5) is 32.6. The van der Waals surface area contributed by atoms with Gasteiger partial charge in [0.05, 0.1) is 12.6 Å². The van der Waals surface area contributed by atoms with Crippen LogP contribution in [0.1, 0.15) is 30.3 Å². The lowest BCUT2D eigenvalue weighted by Crippen LogP contribution is -2.37. The lowest BCUT2D eigenvalue weighted by Gasteiger charge is -2.21. The summed E-state index contributed by atoms with van der Waals surface area (Å²) >= 11 is 1.30. The van der Waals surface area contributed by atoms with Gasteiger partial charge in [0.1, 0.15) is 18.0 Å². The molecule has 0 saturated heterocycles. The number of nitrogens with zero attached hydrogens (tertiary/aromatic N) is 4. The highest BCUT2D eigenvalue weighted by molar-refractivity contribution is 8.16. The molecule has 1 fully saturated rings. The van der Waals surface area contributed by atoms with E-state index >= 15 is 0 Å². The Hall–Kier alpha value is -3.13. The smallest absolute Gasteiger partial charge is 0.250 e. The number of thioether (sulfide) groups is 1. The number of benzene rings is 1. The van der Waals surface area contributed by atoms with Crippen LogP contribution >= 0.6 is 11.8 Å². The number of Topliss-reactive ketones (excluding diaryl/α,β-unsaturated/α-hetero) is 1. The summed E-state index contributed by atoms with van der Waals surface area (Å²) in [7, 11) is 3.23. The minimum Gasteiger partial charge on any atom is -0.497 e. The molecule has 1 aromatic carbocycles. The van der Waals surface area contributed by atoms with Crippen molar-refractivity contribution in [1.82, 2.24) is 14.7 Å². The Morgan fingerprint density at radius 2 is 2.24 bits per heavy atom. The van der Waals surface area contributed by atoms with E-state index in [2.05, 4.69) is 28.8 Å². The molecule has 4 rings (SSSR count). The van der Waals surface area contributed by atoms with Crippen molar-refractivity contribution in [1.29, 1.82) is 0 Å². The van der Waals surface area contributed by atoms with Crippen molar-refractivity contribution in [2.45, 2.75) is 26.3 Å². The van der Waals surface area contributed by atoms with Gasteiger partial charge in [0, 0.05) is 30.6 Å². The van der Waals surface area contributed by atoms with E-state index in [4.69, 9.17) is 4.74 Å². The maximum Gasteiger partial charge on any atom is 0.250 e. The second-order valence-corrected chi connectivity index (χ2v) is 8.91. The van der Waals surface area contributed by atoms with Crippen LogP contribution in [0.25, 0.3) is 10.9 Å². The Balaban J connectivity index is 1.71. The molecule has 0 radical (unpaired) electrons. The zero-order valence-corrected chi connectivity index (χ0v) is 20.0. The SMILES string of the molecule is C=CSC(=NC)N(CC)C(=O)Cn1nc(C(=O)C2=CCC=CC3CC23)c2ccc(OC)cc21. The van der Waals surface area contributed by atoms with E-state index < -0.39 is 0 Å². The van der Waals surface area contributed by atoms with Gasteiger partial charge in [-0.1, -0.05) is 36.6 Å². The number of hydrogen-bond acceptors (Lipinski definition) is 6. The maximum atomic E-state index is 13.6. The zero-order chi connectivity index (χ0) is 23.5. The van der Waals surface area contributed by atoms with Crippen LogP contribution in [-0.4, -0.2) is 52.2 Å². The third-order valence-electron chi connectivity index (χ3n) is 6.05. The van der Waals surface area contributed by atoms with Gasteiger partial charge < -0.3 is 4.74 Å². The van der Waals surface area contributed by atoms with Crippen LogP contribution < -0.4 is 4.74 Å². The number of carbonyl (C=O) groups excluding carboxylic acids is 2. The highest BCUT2D eigenvalue weighted by Crippen LogP contribution is 2.47. The summed E-state index contributed by atoms with van der Waals surface area (Å²) < 4.78 is 6.99. The molecule has 2 aromatic rings. The number of allylic oxidation sites excluding steroid dienone is 4. The largest absolute Gasteiger partial charge is 0.497 e. The topological polar surface area (TPSA) is 76.8 Å². The van der Waals surface area contributed by atoms with Crippen LogP contribution in [0.3, 0.4) is 0 Å². The second kappa shape index (κ2) is 9.79. The number of aromatic nitrogens is 2. The summed E-state index contributed by atoms with van der Waals surface area (Å²) in [5.41, 5.74) is 1.90. The minimum atomic E-state index is -0.168. The van der Waals surface area contributed by atoms with Crippen molar-refractivity contribution in [3.63, 3.8) is 0 Å². The lowest BCUT2D eigenvalue weighted by atomic mass is 10.00. The van der Waals surface area contributed by atoms with Gasteiger partial charge in [0.15, 0.2) is 5.17 Å². The first kappa shape index (κ1) is 23.0. The second-order valence-electron chi connectivity index (χ2n) is 7.98. The quantitative estimate of drug-likeness (QED) is 0.262. The number of carbonyl (C=O) groups is 2. The molecule has 8 heteroatoms. The van der Waals surface area contributed by atoms with Gasteiger partial charge in [0.2, 0.25) is 11.7 Å². The molecule has 1 heterocycles. The molecular weight excluding hydrogens is 436 g/mol. The molecule has 172 valence electrons. The van der Waals surface area contributed by atoms with Gasteiger partial charge in [-0.25, -0.2) is 0 Å². The lowest BCUT2D eigenvalue weighted by molar-refractivity contribution is -0.127. The third-order valence-corrected chi connectivity index (χ3v) is 6.83. The van der Waals surface area contributed by atoms with Crippen molar-refractivity contribution in [3.8, 4) is 5.75 Å². The first-order valence-corrected chi connectivity index (χ1v) is 11.9. The molecule has 2 atom stereocenters. The van der Waals surface area contributed by atoms with Crippen LogP contribution in [0.15, 0.2) is 59.0 Å². The molecule has 2 aliphatic rings. The van der Waals surface area contributed by atoms with Gasteiger partial charge in [-0.2, -0.15) is 5.10 Å². The normalized spacial score (nSPS) is 19.5. The van der Waals surface area contributed by atoms with Crippen molar-refractivity contribution < 1.29 is 14.3 Å². The van der Waals surface area contributed by atoms with Crippen molar-refractivity contribution >= 4 is 39.5 Å². The molecule has 0 N–H and O–H groups in total. The number of hydrogen-bond donors (Lipinski definition) is 0. The van der Waals surface area contributed by atoms with E-state index in [1.807, 2.05) is 31.2 Å². The average molecular weight is 465 g/mol. The Morgan fingerprint density at radius 3 is 2.94 bits per heavy atom. The zero-order valence-electron chi connectivity index (χ0n) is 19.2. The highest BCUT2D eigenvalue weighted by atomic mass is 32.2. The van der Waals surface area contributed by atoms with Crippen LogP contribution in [0.2, 0.25) is 0 Å². The summed E-state index contributed by atoms with van der Waals surface area (Å²) in [5.74, 6) is 1.13. The van der Waals surface area contributed by atoms with E-state index in [-0.39, 0.29) is 24.2 Å². The molecule has 1 saturated carbocycles. The maximum absolute atomic E-state index is 13.6. The number of methoxy groups -OCH3 is 1. The van der Waals surface area contributed by atoms with Crippen LogP contribution in [-0.2, 0) is 11.3 Å². The number of aliphatic imine (C=N–C) groups is 1. The molecule has 1 amide bonds.